The van der Waals surface area contributed by atoms with E-state index in [1.165, 1.54) is 18.5 Å². The Morgan fingerprint density at radius 1 is 1.00 bits per heavy atom. The molecule has 0 bridgehead atoms. The van der Waals surface area contributed by atoms with Crippen molar-refractivity contribution in [1.82, 2.24) is 14.9 Å². The first-order valence-electron chi connectivity index (χ1n) is 11.1. The lowest BCUT2D eigenvalue weighted by molar-refractivity contribution is 0.116. The Labute approximate surface area is 202 Å². The minimum Gasteiger partial charge on any atom is -0.489 e. The summed E-state index contributed by atoms with van der Waals surface area (Å²) in [5, 5.41) is 4.54. The van der Waals surface area contributed by atoms with Crippen molar-refractivity contribution in [3.63, 3.8) is 0 Å². The van der Waals surface area contributed by atoms with Gasteiger partial charge in [0.05, 0.1) is 15.9 Å². The Hall–Kier alpha value is -3.42. The van der Waals surface area contributed by atoms with Crippen LogP contribution in [0, 0.1) is 5.82 Å². The number of rotatable bonds is 6. The predicted molar refractivity (Wildman–Crippen MR) is 132 cm³/mol. The van der Waals surface area contributed by atoms with Crippen LogP contribution in [0.2, 0.25) is 5.02 Å². The van der Waals surface area contributed by atoms with Gasteiger partial charge >= 0.3 is 0 Å². The highest BCUT2D eigenvalue weighted by Gasteiger charge is 2.20. The number of piperidine rings is 1. The van der Waals surface area contributed by atoms with Crippen LogP contribution >= 0.6 is 11.6 Å². The van der Waals surface area contributed by atoms with Crippen molar-refractivity contribution in [2.45, 2.75) is 18.9 Å². The van der Waals surface area contributed by atoms with E-state index in [0.29, 0.717) is 22.3 Å². The largest absolute Gasteiger partial charge is 0.489 e. The molecule has 174 valence electrons. The Morgan fingerprint density at radius 2 is 1.82 bits per heavy atom. The molecular weight excluding hydrogens is 455 g/mol. The van der Waals surface area contributed by atoms with E-state index < -0.39 is 0 Å². The number of likely N-dealkylation sites (tertiary alicyclic amines) is 1. The predicted octanol–water partition coefficient (Wildman–Crippen LogP) is 6.43. The average molecular weight is 479 g/mol. The highest BCUT2D eigenvalue weighted by Crippen LogP contribution is 2.36. The molecule has 1 fully saturated rings. The lowest BCUT2D eigenvalue weighted by Crippen LogP contribution is -2.35. The third-order valence-corrected chi connectivity index (χ3v) is 6.10. The molecule has 0 atom stereocenters. The quantitative estimate of drug-likeness (QED) is 0.344. The number of halogens is 2. The SMILES string of the molecule is CN1CCC(Oc2cccc3ncnc(Nc4ccc(Oc5cccc(F)c5)c(Cl)c4)c23)CC1. The molecule has 8 heteroatoms. The first-order valence-corrected chi connectivity index (χ1v) is 11.5. The summed E-state index contributed by atoms with van der Waals surface area (Å²) < 4.78 is 25.6. The van der Waals surface area contributed by atoms with Gasteiger partial charge in [-0.3, -0.25) is 0 Å². The van der Waals surface area contributed by atoms with Crippen LogP contribution in [0.4, 0.5) is 15.9 Å². The highest BCUT2D eigenvalue weighted by molar-refractivity contribution is 6.32. The molecule has 5 rings (SSSR count). The molecule has 0 unspecified atom stereocenters. The fraction of sp³-hybridized carbons (Fsp3) is 0.231. The van der Waals surface area contributed by atoms with Gasteiger partial charge in [0.1, 0.15) is 41.3 Å². The minimum absolute atomic E-state index is 0.156. The number of aromatic nitrogens is 2. The monoisotopic (exact) mass is 478 g/mol. The molecule has 34 heavy (non-hydrogen) atoms. The number of nitrogens with zero attached hydrogens (tertiary/aromatic N) is 3. The van der Waals surface area contributed by atoms with E-state index in [2.05, 4.69) is 27.2 Å². The molecule has 0 saturated carbocycles. The van der Waals surface area contributed by atoms with Crippen LogP contribution in [0.25, 0.3) is 10.9 Å². The molecule has 0 aliphatic carbocycles. The first kappa shape index (κ1) is 22.4. The van der Waals surface area contributed by atoms with Crippen molar-refractivity contribution in [2.75, 3.05) is 25.5 Å². The van der Waals surface area contributed by atoms with E-state index in [1.807, 2.05) is 24.3 Å². The van der Waals surface area contributed by atoms with E-state index >= 15 is 0 Å². The van der Waals surface area contributed by atoms with Gasteiger partial charge in [-0.05, 0) is 62.4 Å². The molecule has 3 aromatic carbocycles. The summed E-state index contributed by atoms with van der Waals surface area (Å²) in [4.78, 5) is 11.2. The summed E-state index contributed by atoms with van der Waals surface area (Å²) in [5.74, 6) is 1.81. The number of nitrogens with one attached hydrogen (secondary N) is 1. The molecule has 1 saturated heterocycles. The van der Waals surface area contributed by atoms with E-state index in [9.17, 15) is 4.39 Å². The molecule has 2 heterocycles. The van der Waals surface area contributed by atoms with Crippen molar-refractivity contribution < 1.29 is 13.9 Å². The van der Waals surface area contributed by atoms with Crippen LogP contribution in [0.3, 0.4) is 0 Å². The summed E-state index contributed by atoms with van der Waals surface area (Å²) >= 11 is 6.46. The van der Waals surface area contributed by atoms with E-state index in [-0.39, 0.29) is 11.9 Å². The summed E-state index contributed by atoms with van der Waals surface area (Å²) in [6, 6.07) is 17.1. The number of hydrogen-bond donors (Lipinski definition) is 1. The van der Waals surface area contributed by atoms with Gasteiger partial charge < -0.3 is 19.7 Å². The number of ether oxygens (including phenoxy) is 2. The molecule has 0 radical (unpaired) electrons. The van der Waals surface area contributed by atoms with Crippen molar-refractivity contribution in [3.05, 3.63) is 77.8 Å². The van der Waals surface area contributed by atoms with Crippen LogP contribution in [-0.2, 0) is 0 Å². The van der Waals surface area contributed by atoms with Crippen molar-refractivity contribution in [1.29, 1.82) is 0 Å². The maximum atomic E-state index is 13.5. The minimum atomic E-state index is -0.374. The third-order valence-electron chi connectivity index (χ3n) is 5.80. The van der Waals surface area contributed by atoms with E-state index in [4.69, 9.17) is 21.1 Å². The topological polar surface area (TPSA) is 59.5 Å². The molecule has 0 amide bonds. The lowest BCUT2D eigenvalue weighted by atomic mass is 10.1. The fourth-order valence-corrected chi connectivity index (χ4v) is 4.23. The molecule has 4 aromatic rings. The molecule has 1 aromatic heterocycles. The fourth-order valence-electron chi connectivity index (χ4n) is 4.01. The van der Waals surface area contributed by atoms with Crippen LogP contribution in [0.5, 0.6) is 17.2 Å². The van der Waals surface area contributed by atoms with Gasteiger partial charge in [0, 0.05) is 24.8 Å². The molecule has 6 nitrogen and oxygen atoms in total. The molecule has 1 aliphatic heterocycles. The second kappa shape index (κ2) is 9.83. The second-order valence-electron chi connectivity index (χ2n) is 8.32. The summed E-state index contributed by atoms with van der Waals surface area (Å²) in [7, 11) is 2.13. The normalized spacial score (nSPS) is 14.8. The van der Waals surface area contributed by atoms with Gasteiger partial charge in [-0.1, -0.05) is 23.7 Å². The maximum Gasteiger partial charge on any atom is 0.146 e. The highest BCUT2D eigenvalue weighted by atomic mass is 35.5. The van der Waals surface area contributed by atoms with Gasteiger partial charge in [-0.25, -0.2) is 14.4 Å². The van der Waals surface area contributed by atoms with Gasteiger partial charge in [0.25, 0.3) is 0 Å². The zero-order chi connectivity index (χ0) is 23.5. The van der Waals surface area contributed by atoms with Gasteiger partial charge in [-0.2, -0.15) is 0 Å². The molecular formula is C26H24ClFN4O2. The molecule has 1 aliphatic rings. The number of anilines is 2. The molecule has 1 N–H and O–H groups in total. The van der Waals surface area contributed by atoms with Crippen LogP contribution in [0.1, 0.15) is 12.8 Å². The van der Waals surface area contributed by atoms with Crippen molar-refractivity contribution in [2.24, 2.45) is 0 Å². The average Bonchev–Trinajstić information content (AvgIpc) is 2.83. The number of fused-ring (bicyclic) bond motifs is 1. The standard InChI is InChI=1S/C26H24ClFN4O2/c1-32-12-10-19(11-13-32)33-24-7-3-6-22-25(24)26(30-16-29-22)31-18-8-9-23(21(27)15-18)34-20-5-2-4-17(28)14-20/h2-9,14-16,19H,10-13H2,1H3,(H,29,30,31). The Kier molecular flexibility index (Phi) is 6.47. The van der Waals surface area contributed by atoms with Crippen molar-refractivity contribution in [3.8, 4) is 17.2 Å². The third kappa shape index (κ3) is 5.05. The maximum absolute atomic E-state index is 13.5. The van der Waals surface area contributed by atoms with Crippen LogP contribution in [0.15, 0.2) is 67.0 Å². The Morgan fingerprint density at radius 3 is 2.62 bits per heavy atom. The number of hydrogen-bond acceptors (Lipinski definition) is 6. The first-order chi connectivity index (χ1) is 16.5. The van der Waals surface area contributed by atoms with Crippen molar-refractivity contribution >= 4 is 34.0 Å². The smallest absolute Gasteiger partial charge is 0.146 e. The summed E-state index contributed by atoms with van der Waals surface area (Å²) in [6.07, 6.45) is 3.63. The van der Waals surface area contributed by atoms with Crippen LogP contribution in [-0.4, -0.2) is 41.1 Å². The zero-order valence-corrected chi connectivity index (χ0v) is 19.4. The Balaban J connectivity index is 1.39. The Bertz CT molecular complexity index is 1310. The summed E-state index contributed by atoms with van der Waals surface area (Å²) in [6.45, 7) is 2.03. The second-order valence-corrected chi connectivity index (χ2v) is 8.73. The van der Waals surface area contributed by atoms with Gasteiger partial charge in [0.2, 0.25) is 0 Å². The lowest BCUT2D eigenvalue weighted by Gasteiger charge is -2.29. The van der Waals surface area contributed by atoms with Gasteiger partial charge in [-0.15, -0.1) is 0 Å². The zero-order valence-electron chi connectivity index (χ0n) is 18.7. The molecule has 0 spiro atoms. The van der Waals surface area contributed by atoms with Crippen LogP contribution < -0.4 is 14.8 Å². The summed E-state index contributed by atoms with van der Waals surface area (Å²) in [5.41, 5.74) is 1.52. The van der Waals surface area contributed by atoms with E-state index in [0.717, 1.165) is 48.3 Å². The van der Waals surface area contributed by atoms with Gasteiger partial charge in [0.15, 0.2) is 0 Å². The number of benzene rings is 3. The van der Waals surface area contributed by atoms with E-state index in [1.54, 1.807) is 24.3 Å².